The molecule has 1 aromatic rings. The molecule has 2 rings (SSSR count). The maximum Gasteiger partial charge on any atom is 0.128 e. The summed E-state index contributed by atoms with van der Waals surface area (Å²) in [4.78, 5) is 9.54. The molecule has 1 fully saturated rings. The van der Waals surface area contributed by atoms with Gasteiger partial charge in [0.05, 0.1) is 0 Å². The number of hydrogen-bond acceptors (Lipinski definition) is 3. The molecule has 0 bridgehead atoms. The smallest absolute Gasteiger partial charge is 0.128 e. The second-order valence-electron chi connectivity index (χ2n) is 6.37. The Morgan fingerprint density at radius 3 is 2.38 bits per heavy atom. The van der Waals surface area contributed by atoms with Crippen molar-refractivity contribution in [3.63, 3.8) is 0 Å². The van der Waals surface area contributed by atoms with E-state index in [0.717, 1.165) is 32.0 Å². The number of nitrogens with zero attached hydrogens (tertiary/aromatic N) is 3. The Balaban J connectivity index is 1.99. The van der Waals surface area contributed by atoms with Crippen LogP contribution in [0.4, 0.5) is 5.82 Å². The Bertz CT molecular complexity index is 393. The number of aromatic nitrogens is 1. The van der Waals surface area contributed by atoms with Crippen molar-refractivity contribution >= 4 is 5.82 Å². The fraction of sp³-hybridized carbons (Fsp3) is 0.722. The minimum Gasteiger partial charge on any atom is -0.354 e. The fourth-order valence-electron chi connectivity index (χ4n) is 3.14. The van der Waals surface area contributed by atoms with Gasteiger partial charge >= 0.3 is 0 Å². The van der Waals surface area contributed by atoms with Gasteiger partial charge in [-0.25, -0.2) is 4.98 Å². The Morgan fingerprint density at radius 2 is 1.81 bits per heavy atom. The van der Waals surface area contributed by atoms with Crippen LogP contribution in [0.15, 0.2) is 18.3 Å². The molecule has 1 unspecified atom stereocenters. The van der Waals surface area contributed by atoms with E-state index < -0.39 is 0 Å². The molecule has 0 N–H and O–H groups in total. The lowest BCUT2D eigenvalue weighted by Gasteiger charge is -2.33. The van der Waals surface area contributed by atoms with Crippen LogP contribution in [0.5, 0.6) is 0 Å². The molecule has 0 saturated carbocycles. The van der Waals surface area contributed by atoms with Crippen LogP contribution >= 0.6 is 0 Å². The lowest BCUT2D eigenvalue weighted by molar-refractivity contribution is 0.312. The van der Waals surface area contributed by atoms with E-state index in [-0.39, 0.29) is 0 Å². The molecule has 3 nitrogen and oxygen atoms in total. The van der Waals surface area contributed by atoms with Gasteiger partial charge in [0, 0.05) is 32.4 Å². The quantitative estimate of drug-likeness (QED) is 0.758. The molecule has 21 heavy (non-hydrogen) atoms. The van der Waals surface area contributed by atoms with Crippen molar-refractivity contribution in [2.24, 2.45) is 0 Å². The van der Waals surface area contributed by atoms with Crippen LogP contribution in [0, 0.1) is 0 Å². The van der Waals surface area contributed by atoms with E-state index >= 15 is 0 Å². The second-order valence-corrected chi connectivity index (χ2v) is 6.37. The molecule has 1 aliphatic heterocycles. The molecule has 0 amide bonds. The van der Waals surface area contributed by atoms with Crippen LogP contribution in [-0.2, 0) is 0 Å². The number of anilines is 1. The number of likely N-dealkylation sites (N-methyl/N-ethyl adjacent to an activating group) is 1. The minimum absolute atomic E-state index is 0.698. The summed E-state index contributed by atoms with van der Waals surface area (Å²) in [6.45, 7) is 9.02. The SMILES string of the molecule is CCCCC(CCC)c1ccc(N2CCN(C)CC2)nc1. The predicted molar refractivity (Wildman–Crippen MR) is 91.1 cm³/mol. The summed E-state index contributed by atoms with van der Waals surface area (Å²) in [5.74, 6) is 1.85. The summed E-state index contributed by atoms with van der Waals surface area (Å²) in [5, 5.41) is 0. The summed E-state index contributed by atoms with van der Waals surface area (Å²) in [7, 11) is 2.19. The van der Waals surface area contributed by atoms with E-state index in [0.29, 0.717) is 5.92 Å². The van der Waals surface area contributed by atoms with E-state index in [9.17, 15) is 0 Å². The van der Waals surface area contributed by atoms with Crippen molar-refractivity contribution in [2.75, 3.05) is 38.1 Å². The van der Waals surface area contributed by atoms with Crippen molar-refractivity contribution in [3.05, 3.63) is 23.9 Å². The minimum atomic E-state index is 0.698. The molecule has 0 radical (unpaired) electrons. The topological polar surface area (TPSA) is 19.4 Å². The van der Waals surface area contributed by atoms with Gasteiger partial charge in [0.25, 0.3) is 0 Å². The molecular formula is C18H31N3. The average Bonchev–Trinajstić information content (AvgIpc) is 2.52. The van der Waals surface area contributed by atoms with Gasteiger partial charge in [-0.2, -0.15) is 0 Å². The maximum absolute atomic E-state index is 4.75. The van der Waals surface area contributed by atoms with Crippen LogP contribution in [0.2, 0.25) is 0 Å². The third kappa shape index (κ3) is 4.70. The third-order valence-electron chi connectivity index (χ3n) is 4.61. The van der Waals surface area contributed by atoms with Gasteiger partial charge in [-0.05, 0) is 37.4 Å². The van der Waals surface area contributed by atoms with Crippen molar-refractivity contribution in [3.8, 4) is 0 Å². The molecule has 1 atom stereocenters. The Kier molecular flexibility index (Phi) is 6.50. The number of piperazine rings is 1. The van der Waals surface area contributed by atoms with E-state index in [1.165, 1.54) is 37.7 Å². The first-order valence-corrected chi connectivity index (χ1v) is 8.64. The largest absolute Gasteiger partial charge is 0.354 e. The van der Waals surface area contributed by atoms with Crippen LogP contribution < -0.4 is 4.90 Å². The second kappa shape index (κ2) is 8.38. The van der Waals surface area contributed by atoms with Gasteiger partial charge in [0.2, 0.25) is 0 Å². The summed E-state index contributed by atoms with van der Waals surface area (Å²) in [6.07, 6.45) is 8.59. The van der Waals surface area contributed by atoms with Crippen molar-refractivity contribution in [1.82, 2.24) is 9.88 Å². The summed E-state index contributed by atoms with van der Waals surface area (Å²) in [6, 6.07) is 4.55. The molecule has 1 saturated heterocycles. The maximum atomic E-state index is 4.75. The highest BCUT2D eigenvalue weighted by Crippen LogP contribution is 2.27. The molecule has 2 heterocycles. The monoisotopic (exact) mass is 289 g/mol. The molecular weight excluding hydrogens is 258 g/mol. The predicted octanol–water partition coefficient (Wildman–Crippen LogP) is 3.91. The van der Waals surface area contributed by atoms with Gasteiger partial charge in [-0.3, -0.25) is 0 Å². The summed E-state index contributed by atoms with van der Waals surface area (Å²) >= 11 is 0. The molecule has 0 spiro atoms. The zero-order valence-electron chi connectivity index (χ0n) is 14.0. The van der Waals surface area contributed by atoms with Crippen LogP contribution in [0.25, 0.3) is 0 Å². The zero-order chi connectivity index (χ0) is 15.1. The van der Waals surface area contributed by atoms with E-state index in [1.807, 2.05) is 0 Å². The Morgan fingerprint density at radius 1 is 1.05 bits per heavy atom. The lowest BCUT2D eigenvalue weighted by atomic mass is 9.91. The first-order chi connectivity index (χ1) is 10.2. The van der Waals surface area contributed by atoms with E-state index in [2.05, 4.69) is 49.0 Å². The van der Waals surface area contributed by atoms with Gasteiger partial charge in [-0.1, -0.05) is 39.2 Å². The molecule has 118 valence electrons. The number of unbranched alkanes of at least 4 members (excludes halogenated alkanes) is 1. The highest BCUT2D eigenvalue weighted by Gasteiger charge is 2.16. The van der Waals surface area contributed by atoms with Crippen molar-refractivity contribution in [1.29, 1.82) is 0 Å². The first kappa shape index (κ1) is 16.3. The number of hydrogen-bond donors (Lipinski definition) is 0. The molecule has 0 aromatic carbocycles. The normalized spacial score (nSPS) is 18.0. The Hall–Kier alpha value is -1.09. The standard InChI is InChI=1S/C18H31N3/c1-4-6-8-16(7-5-2)17-9-10-18(19-15-17)21-13-11-20(3)12-14-21/h9-10,15-16H,4-8,11-14H2,1-3H3. The molecule has 0 aliphatic carbocycles. The fourth-order valence-corrected chi connectivity index (χ4v) is 3.14. The third-order valence-corrected chi connectivity index (χ3v) is 4.61. The van der Waals surface area contributed by atoms with Crippen LogP contribution in [-0.4, -0.2) is 43.1 Å². The van der Waals surface area contributed by atoms with Crippen LogP contribution in [0.1, 0.15) is 57.4 Å². The summed E-state index contributed by atoms with van der Waals surface area (Å²) in [5.41, 5.74) is 1.43. The average molecular weight is 289 g/mol. The highest BCUT2D eigenvalue weighted by atomic mass is 15.3. The number of pyridine rings is 1. The molecule has 1 aromatic heterocycles. The van der Waals surface area contributed by atoms with Gasteiger partial charge in [-0.15, -0.1) is 0 Å². The molecule has 3 heteroatoms. The zero-order valence-corrected chi connectivity index (χ0v) is 14.0. The van der Waals surface area contributed by atoms with E-state index in [1.54, 1.807) is 0 Å². The van der Waals surface area contributed by atoms with Gasteiger partial charge in [0.15, 0.2) is 0 Å². The lowest BCUT2D eigenvalue weighted by Crippen LogP contribution is -2.44. The van der Waals surface area contributed by atoms with Crippen molar-refractivity contribution in [2.45, 2.75) is 51.9 Å². The van der Waals surface area contributed by atoms with E-state index in [4.69, 9.17) is 4.98 Å². The van der Waals surface area contributed by atoms with Gasteiger partial charge in [0.1, 0.15) is 5.82 Å². The first-order valence-electron chi connectivity index (χ1n) is 8.64. The van der Waals surface area contributed by atoms with Crippen molar-refractivity contribution < 1.29 is 0 Å². The number of rotatable bonds is 7. The summed E-state index contributed by atoms with van der Waals surface area (Å²) < 4.78 is 0. The Labute approximate surface area is 130 Å². The van der Waals surface area contributed by atoms with Gasteiger partial charge < -0.3 is 9.80 Å². The molecule has 1 aliphatic rings. The van der Waals surface area contributed by atoms with Crippen LogP contribution in [0.3, 0.4) is 0 Å². The highest BCUT2D eigenvalue weighted by molar-refractivity contribution is 5.40.